The maximum Gasteiger partial charge on any atom is 0.389 e. The average molecular weight is 455 g/mol. The molecule has 0 radical (unpaired) electrons. The summed E-state index contributed by atoms with van der Waals surface area (Å²) in [5.41, 5.74) is 0. The zero-order valence-corrected chi connectivity index (χ0v) is 17.6. The Morgan fingerprint density at radius 2 is 1.03 bits per heavy atom. The Kier molecular flexibility index (Phi) is 6.90. The van der Waals surface area contributed by atoms with Crippen LogP contribution in [0.2, 0.25) is 0 Å². The van der Waals surface area contributed by atoms with Crippen molar-refractivity contribution in [2.24, 2.45) is 0 Å². The number of hydrogen-bond donors (Lipinski definition) is 0. The van der Waals surface area contributed by atoms with Crippen LogP contribution in [0, 0.1) is 0 Å². The van der Waals surface area contributed by atoms with Crippen molar-refractivity contribution < 1.29 is 25.2 Å². The Morgan fingerprint density at radius 3 is 1.37 bits per heavy atom. The Bertz CT molecular complexity index is 943. The van der Waals surface area contributed by atoms with Crippen LogP contribution in [-0.4, -0.2) is 20.3 Å². The van der Waals surface area contributed by atoms with Gasteiger partial charge in [0.05, 0.1) is 5.75 Å². The Hall–Kier alpha value is -2.29. The molecular weight excluding hydrogens is 433 g/mol. The fourth-order valence-corrected chi connectivity index (χ4v) is 8.40. The van der Waals surface area contributed by atoms with E-state index in [0.29, 0.717) is 14.7 Å². The lowest BCUT2D eigenvalue weighted by Gasteiger charge is -2.39. The first-order chi connectivity index (χ1) is 14.2. The van der Waals surface area contributed by atoms with Crippen LogP contribution in [-0.2, 0) is 13.7 Å². The normalized spacial score (nSPS) is 13.2. The third-order valence-electron chi connectivity index (χ3n) is 4.29. The minimum atomic E-state index is -4.42. The molecule has 30 heavy (non-hydrogen) atoms. The molecule has 3 aromatic carbocycles. The van der Waals surface area contributed by atoms with E-state index in [9.17, 15) is 21.6 Å². The highest BCUT2D eigenvalue weighted by Crippen LogP contribution is 2.69. The molecule has 3 nitrogen and oxygen atoms in total. The van der Waals surface area contributed by atoms with E-state index in [1.165, 1.54) is 0 Å². The molecule has 8 heteroatoms. The largest absolute Gasteiger partial charge is 0.389 e. The lowest BCUT2D eigenvalue weighted by molar-refractivity contribution is -0.134. The molecule has 0 aliphatic rings. The van der Waals surface area contributed by atoms with Gasteiger partial charge in [-0.3, -0.25) is 0 Å². The summed E-state index contributed by atoms with van der Waals surface area (Å²) in [7, 11) is -6.99. The van der Waals surface area contributed by atoms with Gasteiger partial charge in [0.1, 0.15) is 0 Å². The monoisotopic (exact) mass is 454 g/mol. The highest BCUT2D eigenvalue weighted by Gasteiger charge is 2.37. The van der Waals surface area contributed by atoms with Crippen LogP contribution in [0.4, 0.5) is 13.2 Å². The molecule has 0 spiro atoms. The first-order valence-corrected chi connectivity index (χ1v) is 12.4. The number of alkyl halides is 3. The van der Waals surface area contributed by atoms with Crippen molar-refractivity contribution in [1.29, 1.82) is 0 Å². The van der Waals surface area contributed by atoms with Crippen molar-refractivity contribution in [3.63, 3.8) is 0 Å². The fraction of sp³-hybridized carbons (Fsp3) is 0.182. The molecule has 3 aromatic rings. The van der Waals surface area contributed by atoms with Gasteiger partial charge in [0.15, 0.2) is 0 Å². The van der Waals surface area contributed by atoms with Crippen LogP contribution in [0.15, 0.2) is 106 Å². The lowest BCUT2D eigenvalue weighted by atomic mass is 10.3. The van der Waals surface area contributed by atoms with Gasteiger partial charge >= 0.3 is 6.18 Å². The van der Waals surface area contributed by atoms with Gasteiger partial charge in [-0.25, -0.2) is 3.63 Å². The van der Waals surface area contributed by atoms with E-state index in [-0.39, 0.29) is 0 Å². The summed E-state index contributed by atoms with van der Waals surface area (Å²) in [6, 6.07) is 26.8. The third kappa shape index (κ3) is 5.44. The van der Waals surface area contributed by atoms with Crippen LogP contribution in [0.3, 0.4) is 0 Å². The van der Waals surface area contributed by atoms with Crippen LogP contribution in [0.1, 0.15) is 12.8 Å². The molecule has 0 unspecified atom stereocenters. The van der Waals surface area contributed by atoms with Gasteiger partial charge in [-0.1, -0.05) is 54.6 Å². The first-order valence-electron chi connectivity index (χ1n) is 9.22. The van der Waals surface area contributed by atoms with Gasteiger partial charge in [-0.2, -0.15) is 21.6 Å². The highest BCUT2D eigenvalue weighted by atomic mass is 32.3. The van der Waals surface area contributed by atoms with E-state index in [2.05, 4.69) is 0 Å². The van der Waals surface area contributed by atoms with Gasteiger partial charge < -0.3 is 0 Å². The molecule has 3 rings (SSSR count). The summed E-state index contributed by atoms with van der Waals surface area (Å²) < 4.78 is 69.3. The molecule has 0 amide bonds. The standard InChI is InChI=1S/C22H21F3O3S2/c23-22(24,25)17-10-18-29(26,27)28-30(19-11-4-1-5-12-19,20-13-6-2-7-14-20)21-15-8-3-9-16-21/h1-9,11-16H,10,17-18H2. The Balaban J connectivity index is 2.12. The van der Waals surface area contributed by atoms with E-state index in [0.717, 1.165) is 0 Å². The molecule has 0 aliphatic heterocycles. The van der Waals surface area contributed by atoms with Crippen LogP contribution in [0.25, 0.3) is 0 Å². The Morgan fingerprint density at radius 1 is 0.667 bits per heavy atom. The summed E-state index contributed by atoms with van der Waals surface area (Å²) in [6.45, 7) is 0. The molecule has 0 saturated carbocycles. The van der Waals surface area contributed by atoms with Crippen molar-refractivity contribution >= 4 is 20.4 Å². The summed E-state index contributed by atoms with van der Waals surface area (Å²) in [6.07, 6.45) is -6.16. The Labute approximate surface area is 176 Å². The SMILES string of the molecule is O=S(=O)(CCCC(F)(F)F)OS(c1ccccc1)(c1ccccc1)c1ccccc1. The second kappa shape index (κ2) is 9.24. The predicted octanol–water partition coefficient (Wildman–Crippen LogP) is 6.57. The van der Waals surface area contributed by atoms with E-state index >= 15 is 0 Å². The minimum absolute atomic E-state index is 0.556. The minimum Gasteiger partial charge on any atom is -0.207 e. The van der Waals surface area contributed by atoms with Gasteiger partial charge in [0, 0.05) is 21.1 Å². The van der Waals surface area contributed by atoms with E-state index in [1.54, 1.807) is 72.8 Å². The molecule has 160 valence electrons. The first kappa shape index (κ1) is 22.4. The summed E-state index contributed by atoms with van der Waals surface area (Å²) in [4.78, 5) is 1.92. The average Bonchev–Trinajstić information content (AvgIpc) is 2.73. The fourth-order valence-electron chi connectivity index (χ4n) is 3.00. The van der Waals surface area contributed by atoms with Crippen LogP contribution >= 0.6 is 10.3 Å². The maximum absolute atomic E-state index is 12.9. The lowest BCUT2D eigenvalue weighted by Crippen LogP contribution is -2.18. The van der Waals surface area contributed by atoms with Gasteiger partial charge in [-0.15, -0.1) is 0 Å². The van der Waals surface area contributed by atoms with Crippen molar-refractivity contribution in [3.05, 3.63) is 91.0 Å². The van der Waals surface area contributed by atoms with Gasteiger partial charge in [0.2, 0.25) is 0 Å². The van der Waals surface area contributed by atoms with Gasteiger partial charge in [-0.05, 0) is 53.1 Å². The second-order valence-electron chi connectivity index (χ2n) is 6.54. The van der Waals surface area contributed by atoms with E-state index < -0.39 is 45.2 Å². The van der Waals surface area contributed by atoms with Crippen molar-refractivity contribution in [2.75, 3.05) is 5.75 Å². The zero-order valence-electron chi connectivity index (χ0n) is 16.0. The molecule has 0 aromatic heterocycles. The quantitative estimate of drug-likeness (QED) is 0.387. The molecule has 0 atom stereocenters. The third-order valence-corrected chi connectivity index (χ3v) is 9.53. The zero-order chi connectivity index (χ0) is 21.7. The van der Waals surface area contributed by atoms with E-state index in [4.69, 9.17) is 3.63 Å². The second-order valence-corrected chi connectivity index (χ2v) is 11.1. The molecular formula is C22H21F3O3S2. The van der Waals surface area contributed by atoms with E-state index in [1.807, 2.05) is 18.2 Å². The number of rotatable bonds is 8. The number of benzene rings is 3. The molecule has 0 N–H and O–H groups in total. The molecule has 0 heterocycles. The van der Waals surface area contributed by atoms with Crippen molar-refractivity contribution in [1.82, 2.24) is 0 Å². The number of hydrogen-bond acceptors (Lipinski definition) is 3. The number of halogens is 3. The van der Waals surface area contributed by atoms with Crippen molar-refractivity contribution in [3.8, 4) is 0 Å². The molecule has 0 fully saturated rings. The predicted molar refractivity (Wildman–Crippen MR) is 112 cm³/mol. The molecule has 0 aliphatic carbocycles. The van der Waals surface area contributed by atoms with Crippen LogP contribution in [0.5, 0.6) is 0 Å². The topological polar surface area (TPSA) is 43.4 Å². The van der Waals surface area contributed by atoms with Crippen LogP contribution < -0.4 is 0 Å². The highest BCUT2D eigenvalue weighted by molar-refractivity contribution is 8.33. The molecule has 0 saturated heterocycles. The molecule has 0 bridgehead atoms. The summed E-state index contributed by atoms with van der Waals surface area (Å²) in [5.74, 6) is -0.715. The smallest absolute Gasteiger partial charge is 0.207 e. The van der Waals surface area contributed by atoms with Crippen molar-refractivity contribution in [2.45, 2.75) is 33.7 Å². The van der Waals surface area contributed by atoms with Gasteiger partial charge in [0.25, 0.3) is 10.1 Å². The maximum atomic E-state index is 12.9. The summed E-state index contributed by atoms with van der Waals surface area (Å²) >= 11 is 0. The summed E-state index contributed by atoms with van der Waals surface area (Å²) in [5, 5.41) is 0.